The second kappa shape index (κ2) is 5.32. The van der Waals surface area contributed by atoms with Crippen molar-refractivity contribution in [3.05, 3.63) is 0 Å². The van der Waals surface area contributed by atoms with Crippen LogP contribution in [0.5, 0.6) is 0 Å². The van der Waals surface area contributed by atoms with Gasteiger partial charge in [0.15, 0.2) is 0 Å². The SMILES string of the molecule is CSSC(=O)C(F)(F)C1CCCCO1. The molecule has 1 heterocycles. The van der Waals surface area contributed by atoms with Crippen LogP contribution in [0.15, 0.2) is 0 Å². The van der Waals surface area contributed by atoms with Crippen LogP contribution in [0.3, 0.4) is 0 Å². The summed E-state index contributed by atoms with van der Waals surface area (Å²) >= 11 is 0. The number of carbonyl (C=O) groups excluding carboxylic acids is 1. The third-order valence-corrected chi connectivity index (χ3v) is 3.56. The zero-order chi connectivity index (χ0) is 10.6. The average molecular weight is 242 g/mol. The summed E-state index contributed by atoms with van der Waals surface area (Å²) in [7, 11) is 1.61. The maximum atomic E-state index is 13.4. The number of hydrogen-bond donors (Lipinski definition) is 0. The molecule has 0 radical (unpaired) electrons. The minimum atomic E-state index is -3.34. The summed E-state index contributed by atoms with van der Waals surface area (Å²) in [4.78, 5) is 11.1. The number of ether oxygens (including phenoxy) is 1. The third kappa shape index (κ3) is 2.84. The fourth-order valence-electron chi connectivity index (χ4n) is 1.29. The quantitative estimate of drug-likeness (QED) is 0.711. The molecule has 0 aromatic heterocycles. The Labute approximate surface area is 89.5 Å². The lowest BCUT2D eigenvalue weighted by atomic mass is 10.0. The van der Waals surface area contributed by atoms with Gasteiger partial charge >= 0.3 is 5.92 Å². The molecule has 0 N–H and O–H groups in total. The molecule has 0 aromatic rings. The minimum absolute atomic E-state index is 0.272. The highest BCUT2D eigenvalue weighted by atomic mass is 33.1. The molecule has 1 unspecified atom stereocenters. The fraction of sp³-hybridized carbons (Fsp3) is 0.875. The molecule has 1 aliphatic rings. The number of alkyl halides is 2. The van der Waals surface area contributed by atoms with E-state index in [1.807, 2.05) is 0 Å². The van der Waals surface area contributed by atoms with Crippen LogP contribution in [0.25, 0.3) is 0 Å². The maximum absolute atomic E-state index is 13.4. The van der Waals surface area contributed by atoms with Crippen LogP contribution in [0.1, 0.15) is 19.3 Å². The monoisotopic (exact) mass is 242 g/mol. The van der Waals surface area contributed by atoms with Gasteiger partial charge in [-0.1, -0.05) is 10.8 Å². The first-order valence-corrected chi connectivity index (χ1v) is 6.89. The summed E-state index contributed by atoms with van der Waals surface area (Å²) in [5.41, 5.74) is 0. The van der Waals surface area contributed by atoms with Crippen molar-refractivity contribution < 1.29 is 18.3 Å². The zero-order valence-electron chi connectivity index (χ0n) is 7.79. The van der Waals surface area contributed by atoms with Crippen molar-refractivity contribution in [2.75, 3.05) is 12.9 Å². The number of halogens is 2. The van der Waals surface area contributed by atoms with E-state index in [0.29, 0.717) is 23.8 Å². The lowest BCUT2D eigenvalue weighted by Crippen LogP contribution is -2.43. The van der Waals surface area contributed by atoms with Crippen molar-refractivity contribution in [1.82, 2.24) is 0 Å². The first-order valence-electron chi connectivity index (χ1n) is 4.33. The summed E-state index contributed by atoms with van der Waals surface area (Å²) in [6.45, 7) is 0.331. The molecule has 1 atom stereocenters. The van der Waals surface area contributed by atoms with Gasteiger partial charge in [-0.25, -0.2) is 0 Å². The van der Waals surface area contributed by atoms with Crippen LogP contribution in [0.2, 0.25) is 0 Å². The lowest BCUT2D eigenvalue weighted by Gasteiger charge is -2.28. The van der Waals surface area contributed by atoms with E-state index in [1.54, 1.807) is 6.26 Å². The first kappa shape index (κ1) is 12.3. The predicted octanol–water partition coefficient (Wildman–Crippen LogP) is 2.73. The van der Waals surface area contributed by atoms with Crippen molar-refractivity contribution in [2.45, 2.75) is 31.3 Å². The van der Waals surface area contributed by atoms with Crippen LogP contribution < -0.4 is 0 Å². The molecule has 1 rings (SSSR count). The molecule has 2 nitrogen and oxygen atoms in total. The summed E-state index contributed by atoms with van der Waals surface area (Å²) in [6.07, 6.45) is 2.16. The Morgan fingerprint density at radius 2 is 2.21 bits per heavy atom. The van der Waals surface area contributed by atoms with Crippen LogP contribution in [-0.2, 0) is 9.53 Å². The number of rotatable bonds is 3. The fourth-order valence-corrected chi connectivity index (χ4v) is 2.47. The zero-order valence-corrected chi connectivity index (χ0v) is 9.43. The van der Waals surface area contributed by atoms with E-state index in [0.717, 1.165) is 17.2 Å². The first-order chi connectivity index (χ1) is 6.59. The highest BCUT2D eigenvalue weighted by molar-refractivity contribution is 8.82. The minimum Gasteiger partial charge on any atom is -0.371 e. The predicted molar refractivity (Wildman–Crippen MR) is 54.7 cm³/mol. The average Bonchev–Trinajstić information content (AvgIpc) is 2.19. The second-order valence-electron chi connectivity index (χ2n) is 3.02. The molecule has 0 amide bonds. The molecule has 14 heavy (non-hydrogen) atoms. The topological polar surface area (TPSA) is 26.3 Å². The molecule has 1 saturated heterocycles. The van der Waals surface area contributed by atoms with Gasteiger partial charge in [-0.3, -0.25) is 4.79 Å². The van der Waals surface area contributed by atoms with Gasteiger partial charge in [-0.2, -0.15) is 8.78 Å². The number of carbonyl (C=O) groups is 1. The highest BCUT2D eigenvalue weighted by Crippen LogP contribution is 2.35. The second-order valence-corrected chi connectivity index (χ2v) is 5.39. The number of hydrogen-bond acceptors (Lipinski definition) is 4. The molecular formula is C8H12F2O2S2. The summed E-state index contributed by atoms with van der Waals surface area (Å²) in [6, 6.07) is 0. The molecular weight excluding hydrogens is 230 g/mol. The van der Waals surface area contributed by atoms with Crippen molar-refractivity contribution in [3.8, 4) is 0 Å². The smallest absolute Gasteiger partial charge is 0.341 e. The van der Waals surface area contributed by atoms with E-state index in [1.165, 1.54) is 0 Å². The molecule has 6 heteroatoms. The van der Waals surface area contributed by atoms with Gasteiger partial charge in [0.05, 0.1) is 0 Å². The van der Waals surface area contributed by atoms with Crippen LogP contribution in [-0.4, -0.2) is 30.0 Å². The van der Waals surface area contributed by atoms with Gasteiger partial charge in [0, 0.05) is 6.61 Å². The highest BCUT2D eigenvalue weighted by Gasteiger charge is 2.48. The van der Waals surface area contributed by atoms with Gasteiger partial charge in [-0.15, -0.1) is 0 Å². The van der Waals surface area contributed by atoms with E-state index in [9.17, 15) is 13.6 Å². The van der Waals surface area contributed by atoms with Gasteiger partial charge in [0.1, 0.15) is 6.10 Å². The van der Waals surface area contributed by atoms with Gasteiger partial charge in [-0.05, 0) is 36.3 Å². The van der Waals surface area contributed by atoms with E-state index in [4.69, 9.17) is 4.74 Å². The van der Waals surface area contributed by atoms with Crippen molar-refractivity contribution in [3.63, 3.8) is 0 Å². The van der Waals surface area contributed by atoms with Crippen molar-refractivity contribution >= 4 is 26.7 Å². The van der Waals surface area contributed by atoms with Crippen LogP contribution in [0.4, 0.5) is 8.78 Å². The standard InChI is InChI=1S/C8H12F2O2S2/c1-13-14-7(11)8(9,10)6-4-2-3-5-12-6/h6H,2-5H2,1H3. The molecule has 0 aromatic carbocycles. The molecule has 0 spiro atoms. The lowest BCUT2D eigenvalue weighted by molar-refractivity contribution is -0.166. The van der Waals surface area contributed by atoms with E-state index in [-0.39, 0.29) is 6.42 Å². The Morgan fingerprint density at radius 3 is 2.71 bits per heavy atom. The Morgan fingerprint density at radius 1 is 1.50 bits per heavy atom. The van der Waals surface area contributed by atoms with Crippen molar-refractivity contribution in [2.24, 2.45) is 0 Å². The Hall–Kier alpha value is 0.190. The van der Waals surface area contributed by atoms with Gasteiger partial charge < -0.3 is 4.74 Å². The molecule has 0 saturated carbocycles. The molecule has 1 fully saturated rings. The van der Waals surface area contributed by atoms with E-state index in [2.05, 4.69) is 0 Å². The van der Waals surface area contributed by atoms with Gasteiger partial charge in [0.25, 0.3) is 5.12 Å². The van der Waals surface area contributed by atoms with E-state index >= 15 is 0 Å². The molecule has 0 aliphatic carbocycles. The molecule has 0 bridgehead atoms. The van der Waals surface area contributed by atoms with Gasteiger partial charge in [0.2, 0.25) is 0 Å². The molecule has 1 aliphatic heterocycles. The maximum Gasteiger partial charge on any atom is 0.341 e. The van der Waals surface area contributed by atoms with E-state index < -0.39 is 17.1 Å². The Balaban J connectivity index is 2.57. The normalized spacial score (nSPS) is 23.5. The Bertz CT molecular complexity index is 206. The summed E-state index contributed by atoms with van der Waals surface area (Å²) in [5.74, 6) is -3.34. The van der Waals surface area contributed by atoms with Crippen LogP contribution in [0, 0.1) is 0 Å². The van der Waals surface area contributed by atoms with Crippen molar-refractivity contribution in [1.29, 1.82) is 0 Å². The summed E-state index contributed by atoms with van der Waals surface area (Å²) in [5, 5.41) is -1.10. The summed E-state index contributed by atoms with van der Waals surface area (Å²) < 4.78 is 31.7. The largest absolute Gasteiger partial charge is 0.371 e. The Kier molecular flexibility index (Phi) is 4.66. The van der Waals surface area contributed by atoms with Crippen LogP contribution >= 0.6 is 21.6 Å². The molecule has 82 valence electrons. The third-order valence-electron chi connectivity index (χ3n) is 2.02.